The fourth-order valence-corrected chi connectivity index (χ4v) is 1.56. The Balaban J connectivity index is 2.22. The molecule has 0 aromatic rings. The normalized spacial score (nSPS) is 25.6. The average molecular weight is 215 g/mol. The molecule has 0 bridgehead atoms. The van der Waals surface area contributed by atoms with Crippen molar-refractivity contribution in [1.29, 1.82) is 0 Å². The number of halogens is 1. The third-order valence-electron chi connectivity index (χ3n) is 1.67. The average Bonchev–Trinajstić information content (AvgIpc) is 2.02. The van der Waals surface area contributed by atoms with Crippen LogP contribution in [0.3, 0.4) is 0 Å². The van der Waals surface area contributed by atoms with Crippen LogP contribution in [-0.4, -0.2) is 27.7 Å². The Hall–Kier alpha value is 0.160. The molecule has 72 valence electrons. The van der Waals surface area contributed by atoms with E-state index in [0.717, 1.165) is 19.3 Å². The molecule has 0 amide bonds. The minimum atomic E-state index is -3.83. The van der Waals surface area contributed by atoms with Gasteiger partial charge in [-0.25, -0.2) is 0 Å². The summed E-state index contributed by atoms with van der Waals surface area (Å²) >= 11 is 0. The quantitative estimate of drug-likeness (QED) is 0.660. The van der Waals surface area contributed by atoms with Gasteiger partial charge in [0.25, 0.3) is 0 Å². The van der Waals surface area contributed by atoms with Crippen LogP contribution in [0, 0.1) is 0 Å². The third-order valence-corrected chi connectivity index (χ3v) is 2.35. The molecular weight excluding hydrogens is 204 g/mol. The summed E-state index contributed by atoms with van der Waals surface area (Å²) in [6.07, 6.45) is 2.81. The molecule has 1 unspecified atom stereocenters. The number of hydrogen-bond donors (Lipinski definition) is 0. The smallest absolute Gasteiger partial charge is 0.355 e. The van der Waals surface area contributed by atoms with E-state index in [1.165, 1.54) is 0 Å². The molecule has 0 saturated carbocycles. The van der Waals surface area contributed by atoms with Crippen molar-refractivity contribution in [3.8, 4) is 0 Å². The van der Waals surface area contributed by atoms with Gasteiger partial charge in [0.2, 0.25) is 0 Å². The Kier molecular flexibility index (Phi) is 3.77. The van der Waals surface area contributed by atoms with Crippen molar-refractivity contribution in [2.75, 3.05) is 13.2 Å². The van der Waals surface area contributed by atoms with E-state index in [4.69, 9.17) is 15.4 Å². The van der Waals surface area contributed by atoms with Crippen LogP contribution in [0.1, 0.15) is 19.3 Å². The summed E-state index contributed by atoms with van der Waals surface area (Å²) in [6, 6.07) is 0. The Morgan fingerprint density at radius 2 is 2.25 bits per heavy atom. The molecule has 1 aliphatic heterocycles. The van der Waals surface area contributed by atoms with Gasteiger partial charge in [0.15, 0.2) is 0 Å². The summed E-state index contributed by atoms with van der Waals surface area (Å²) in [5.74, 6) is 0. The lowest BCUT2D eigenvalue weighted by Gasteiger charge is -2.21. The summed E-state index contributed by atoms with van der Waals surface area (Å²) in [5, 5.41) is 0. The second kappa shape index (κ2) is 4.41. The minimum absolute atomic E-state index is 0.0336. The third kappa shape index (κ3) is 4.25. The first-order chi connectivity index (χ1) is 5.58. The van der Waals surface area contributed by atoms with Gasteiger partial charge in [0.1, 0.15) is 0 Å². The second-order valence-electron chi connectivity index (χ2n) is 2.67. The molecule has 0 spiro atoms. The standard InChI is InChI=1S/C6H11ClO4S/c7-12(8,9)11-5-6-3-1-2-4-10-6/h6H,1-5H2. The molecule has 0 radical (unpaired) electrons. The first kappa shape index (κ1) is 10.2. The van der Waals surface area contributed by atoms with Gasteiger partial charge in [-0.1, -0.05) is 0 Å². The molecule has 0 aliphatic carbocycles. The summed E-state index contributed by atoms with van der Waals surface area (Å²) < 4.78 is 30.3. The molecule has 0 aromatic heterocycles. The van der Waals surface area contributed by atoms with Gasteiger partial charge in [0.05, 0.1) is 12.7 Å². The summed E-state index contributed by atoms with van der Waals surface area (Å²) in [6.45, 7) is 0.711. The van der Waals surface area contributed by atoms with E-state index in [9.17, 15) is 8.42 Å². The van der Waals surface area contributed by atoms with Gasteiger partial charge in [-0.2, -0.15) is 8.42 Å². The van der Waals surface area contributed by atoms with Crippen molar-refractivity contribution < 1.29 is 17.3 Å². The highest BCUT2D eigenvalue weighted by Crippen LogP contribution is 2.14. The Morgan fingerprint density at radius 1 is 1.50 bits per heavy atom. The maximum Gasteiger partial charge on any atom is 0.355 e. The molecule has 1 atom stereocenters. The second-order valence-corrected chi connectivity index (χ2v) is 4.82. The predicted octanol–water partition coefficient (Wildman–Crippen LogP) is 1.06. The van der Waals surface area contributed by atoms with E-state index in [1.807, 2.05) is 0 Å². The highest BCUT2D eigenvalue weighted by Gasteiger charge is 2.16. The van der Waals surface area contributed by atoms with Crippen molar-refractivity contribution in [3.05, 3.63) is 0 Å². The van der Waals surface area contributed by atoms with Crippen LogP contribution in [0.25, 0.3) is 0 Å². The van der Waals surface area contributed by atoms with Crippen LogP contribution in [0.2, 0.25) is 0 Å². The number of ether oxygens (including phenoxy) is 1. The number of hydrogen-bond acceptors (Lipinski definition) is 4. The molecule has 1 heterocycles. The molecule has 1 rings (SSSR count). The van der Waals surface area contributed by atoms with E-state index in [0.29, 0.717) is 6.61 Å². The molecule has 4 nitrogen and oxygen atoms in total. The summed E-state index contributed by atoms with van der Waals surface area (Å²) in [5.41, 5.74) is 0. The predicted molar refractivity (Wildman–Crippen MR) is 44.3 cm³/mol. The monoisotopic (exact) mass is 214 g/mol. The maximum absolute atomic E-state index is 10.4. The van der Waals surface area contributed by atoms with E-state index < -0.39 is 9.33 Å². The van der Waals surface area contributed by atoms with Crippen LogP contribution >= 0.6 is 10.7 Å². The minimum Gasteiger partial charge on any atom is -0.376 e. The van der Waals surface area contributed by atoms with Crippen LogP contribution < -0.4 is 0 Å². The largest absolute Gasteiger partial charge is 0.376 e. The Morgan fingerprint density at radius 3 is 2.75 bits per heavy atom. The van der Waals surface area contributed by atoms with Crippen molar-refractivity contribution in [2.45, 2.75) is 25.4 Å². The molecule has 1 fully saturated rings. The molecule has 0 aromatic carbocycles. The molecule has 1 saturated heterocycles. The van der Waals surface area contributed by atoms with Crippen LogP contribution in [0.15, 0.2) is 0 Å². The molecule has 0 N–H and O–H groups in total. The van der Waals surface area contributed by atoms with Gasteiger partial charge in [-0.05, 0) is 19.3 Å². The van der Waals surface area contributed by atoms with Crippen molar-refractivity contribution in [3.63, 3.8) is 0 Å². The number of rotatable bonds is 3. The van der Waals surface area contributed by atoms with Crippen LogP contribution in [0.4, 0.5) is 0 Å². The molecular formula is C6H11ClO4S. The van der Waals surface area contributed by atoms with Crippen LogP contribution in [0.5, 0.6) is 0 Å². The van der Waals surface area contributed by atoms with Crippen LogP contribution in [-0.2, 0) is 18.3 Å². The Bertz CT molecular complexity index is 220. The highest BCUT2D eigenvalue weighted by atomic mass is 35.7. The van der Waals surface area contributed by atoms with Crippen molar-refractivity contribution in [1.82, 2.24) is 0 Å². The van der Waals surface area contributed by atoms with Crippen molar-refractivity contribution in [2.24, 2.45) is 0 Å². The summed E-state index contributed by atoms with van der Waals surface area (Å²) in [7, 11) is 1.02. The van der Waals surface area contributed by atoms with E-state index in [-0.39, 0.29) is 12.7 Å². The first-order valence-electron chi connectivity index (χ1n) is 3.78. The fraction of sp³-hybridized carbons (Fsp3) is 1.00. The SMILES string of the molecule is O=S(=O)(Cl)OCC1CCCCO1. The zero-order valence-corrected chi connectivity index (χ0v) is 8.10. The first-order valence-corrected chi connectivity index (χ1v) is 6.02. The Labute approximate surface area is 76.4 Å². The highest BCUT2D eigenvalue weighted by molar-refractivity contribution is 8.09. The molecule has 12 heavy (non-hydrogen) atoms. The zero-order chi connectivity index (χ0) is 9.03. The molecule has 1 aliphatic rings. The topological polar surface area (TPSA) is 52.6 Å². The van der Waals surface area contributed by atoms with Gasteiger partial charge >= 0.3 is 9.33 Å². The van der Waals surface area contributed by atoms with E-state index in [2.05, 4.69) is 4.18 Å². The van der Waals surface area contributed by atoms with E-state index in [1.54, 1.807) is 0 Å². The van der Waals surface area contributed by atoms with Gasteiger partial charge in [-0.3, -0.25) is 4.18 Å². The van der Waals surface area contributed by atoms with Gasteiger partial charge in [-0.15, -0.1) is 0 Å². The van der Waals surface area contributed by atoms with Gasteiger partial charge in [0, 0.05) is 17.3 Å². The lowest BCUT2D eigenvalue weighted by atomic mass is 10.1. The fourth-order valence-electron chi connectivity index (χ4n) is 1.10. The lowest BCUT2D eigenvalue weighted by molar-refractivity contribution is -0.00911. The molecule has 6 heteroatoms. The van der Waals surface area contributed by atoms with Gasteiger partial charge < -0.3 is 4.74 Å². The zero-order valence-electron chi connectivity index (χ0n) is 6.53. The lowest BCUT2D eigenvalue weighted by Crippen LogP contribution is -2.24. The van der Waals surface area contributed by atoms with E-state index >= 15 is 0 Å². The van der Waals surface area contributed by atoms with Crippen molar-refractivity contribution >= 4 is 20.0 Å². The summed E-state index contributed by atoms with van der Waals surface area (Å²) in [4.78, 5) is 0. The maximum atomic E-state index is 10.4.